The van der Waals surface area contributed by atoms with Gasteiger partial charge in [0.15, 0.2) is 0 Å². The zero-order chi connectivity index (χ0) is 13.1. The number of rotatable bonds is 3. The topological polar surface area (TPSA) is 12.0 Å². The van der Waals surface area contributed by atoms with E-state index in [0.29, 0.717) is 16.6 Å². The number of halogens is 3. The van der Waals surface area contributed by atoms with Crippen LogP contribution in [0.1, 0.15) is 11.1 Å². The van der Waals surface area contributed by atoms with Gasteiger partial charge in [-0.2, -0.15) is 0 Å². The maximum atomic E-state index is 13.3. The molecule has 1 nitrogen and oxygen atoms in total. The van der Waals surface area contributed by atoms with E-state index in [1.165, 1.54) is 12.1 Å². The van der Waals surface area contributed by atoms with Gasteiger partial charge in [-0.1, -0.05) is 12.1 Å². The van der Waals surface area contributed by atoms with Crippen molar-refractivity contribution >= 4 is 21.6 Å². The molecule has 0 saturated carbocycles. The average molecular weight is 312 g/mol. The molecule has 2 aromatic rings. The molecule has 94 valence electrons. The molecule has 0 heterocycles. The van der Waals surface area contributed by atoms with Gasteiger partial charge in [-0.05, 0) is 58.2 Å². The molecule has 18 heavy (non-hydrogen) atoms. The summed E-state index contributed by atoms with van der Waals surface area (Å²) in [5.41, 5.74) is 2.26. The van der Waals surface area contributed by atoms with Gasteiger partial charge < -0.3 is 5.32 Å². The molecular weight excluding hydrogens is 300 g/mol. The molecule has 2 aromatic carbocycles. The lowest BCUT2D eigenvalue weighted by molar-refractivity contribution is 0.616. The fourth-order valence-electron chi connectivity index (χ4n) is 1.56. The molecule has 2 rings (SSSR count). The first-order valence-corrected chi connectivity index (χ1v) is 6.29. The molecule has 0 saturated heterocycles. The van der Waals surface area contributed by atoms with Crippen molar-refractivity contribution in [3.63, 3.8) is 0 Å². The molecule has 0 bridgehead atoms. The molecule has 0 aromatic heterocycles. The standard InChI is InChI=1S/C14H12BrF2N/c1-9-2-3-10(6-14(9)17)8-18-11-4-5-13(16)12(15)7-11/h2-7,18H,8H2,1H3. The van der Waals surface area contributed by atoms with E-state index in [1.54, 1.807) is 25.1 Å². The molecule has 0 fully saturated rings. The van der Waals surface area contributed by atoms with Gasteiger partial charge in [0.2, 0.25) is 0 Å². The van der Waals surface area contributed by atoms with Crippen molar-refractivity contribution in [1.82, 2.24) is 0 Å². The molecule has 0 radical (unpaired) electrons. The fourth-order valence-corrected chi connectivity index (χ4v) is 1.94. The minimum atomic E-state index is -0.304. The molecule has 0 spiro atoms. The first kappa shape index (κ1) is 13.0. The van der Waals surface area contributed by atoms with Gasteiger partial charge in [0.25, 0.3) is 0 Å². The summed E-state index contributed by atoms with van der Waals surface area (Å²) >= 11 is 3.12. The minimum absolute atomic E-state index is 0.213. The number of hydrogen-bond donors (Lipinski definition) is 1. The van der Waals surface area contributed by atoms with E-state index in [2.05, 4.69) is 21.2 Å². The average Bonchev–Trinajstić information content (AvgIpc) is 2.35. The van der Waals surface area contributed by atoms with Crippen LogP contribution in [0, 0.1) is 18.6 Å². The smallest absolute Gasteiger partial charge is 0.137 e. The Kier molecular flexibility index (Phi) is 3.97. The SMILES string of the molecule is Cc1ccc(CNc2ccc(F)c(Br)c2)cc1F. The molecule has 0 amide bonds. The lowest BCUT2D eigenvalue weighted by Crippen LogP contribution is -2.00. The first-order chi connectivity index (χ1) is 8.56. The highest BCUT2D eigenvalue weighted by Gasteiger charge is 2.02. The van der Waals surface area contributed by atoms with Crippen LogP contribution in [0.2, 0.25) is 0 Å². The van der Waals surface area contributed by atoms with Gasteiger partial charge >= 0.3 is 0 Å². The van der Waals surface area contributed by atoms with Crippen molar-refractivity contribution in [2.45, 2.75) is 13.5 Å². The van der Waals surface area contributed by atoms with E-state index in [-0.39, 0.29) is 11.6 Å². The van der Waals surface area contributed by atoms with E-state index in [0.717, 1.165) is 11.3 Å². The Morgan fingerprint density at radius 3 is 2.50 bits per heavy atom. The van der Waals surface area contributed by atoms with Gasteiger partial charge in [0, 0.05) is 12.2 Å². The molecule has 0 aliphatic carbocycles. The minimum Gasteiger partial charge on any atom is -0.381 e. The molecule has 0 aliphatic rings. The Morgan fingerprint density at radius 1 is 1.06 bits per heavy atom. The van der Waals surface area contributed by atoms with Crippen LogP contribution in [0.3, 0.4) is 0 Å². The largest absolute Gasteiger partial charge is 0.381 e. The summed E-state index contributed by atoms with van der Waals surface area (Å²) in [4.78, 5) is 0. The Balaban J connectivity index is 2.06. The Bertz CT molecular complexity index is 518. The van der Waals surface area contributed by atoms with E-state index in [1.807, 2.05) is 6.07 Å². The molecular formula is C14H12BrF2N. The Labute approximate surface area is 113 Å². The van der Waals surface area contributed by atoms with Gasteiger partial charge in [-0.15, -0.1) is 0 Å². The van der Waals surface area contributed by atoms with Crippen LogP contribution in [0.15, 0.2) is 40.9 Å². The monoisotopic (exact) mass is 311 g/mol. The van der Waals surface area contributed by atoms with E-state index >= 15 is 0 Å². The third kappa shape index (κ3) is 3.07. The van der Waals surface area contributed by atoms with Crippen molar-refractivity contribution in [2.75, 3.05) is 5.32 Å². The van der Waals surface area contributed by atoms with Gasteiger partial charge in [-0.3, -0.25) is 0 Å². The highest BCUT2D eigenvalue weighted by molar-refractivity contribution is 9.10. The van der Waals surface area contributed by atoms with Crippen LogP contribution in [0.5, 0.6) is 0 Å². The normalized spacial score (nSPS) is 10.4. The van der Waals surface area contributed by atoms with Crippen molar-refractivity contribution in [1.29, 1.82) is 0 Å². The highest BCUT2D eigenvalue weighted by Crippen LogP contribution is 2.20. The van der Waals surface area contributed by atoms with Gasteiger partial charge in [0.05, 0.1) is 4.47 Å². The van der Waals surface area contributed by atoms with Crippen molar-refractivity contribution < 1.29 is 8.78 Å². The Hall–Kier alpha value is -1.42. The van der Waals surface area contributed by atoms with Crippen LogP contribution >= 0.6 is 15.9 Å². The second kappa shape index (κ2) is 5.48. The van der Waals surface area contributed by atoms with Crippen LogP contribution in [-0.4, -0.2) is 0 Å². The fraction of sp³-hybridized carbons (Fsp3) is 0.143. The number of nitrogens with one attached hydrogen (secondary N) is 1. The summed E-state index contributed by atoms with van der Waals surface area (Å²) in [5.74, 6) is -0.517. The molecule has 0 unspecified atom stereocenters. The lowest BCUT2D eigenvalue weighted by Gasteiger charge is -2.08. The molecule has 0 aliphatic heterocycles. The second-order valence-electron chi connectivity index (χ2n) is 4.07. The third-order valence-electron chi connectivity index (χ3n) is 2.65. The number of aryl methyl sites for hydroxylation is 1. The molecule has 4 heteroatoms. The maximum absolute atomic E-state index is 13.3. The third-order valence-corrected chi connectivity index (χ3v) is 3.26. The van der Waals surface area contributed by atoms with E-state index in [9.17, 15) is 8.78 Å². The second-order valence-corrected chi connectivity index (χ2v) is 4.92. The van der Waals surface area contributed by atoms with Crippen molar-refractivity contribution in [3.8, 4) is 0 Å². The van der Waals surface area contributed by atoms with Crippen LogP contribution in [-0.2, 0) is 6.54 Å². The number of hydrogen-bond acceptors (Lipinski definition) is 1. The Morgan fingerprint density at radius 2 is 1.83 bits per heavy atom. The zero-order valence-electron chi connectivity index (χ0n) is 9.81. The number of benzene rings is 2. The van der Waals surface area contributed by atoms with Gasteiger partial charge in [-0.25, -0.2) is 8.78 Å². The summed E-state index contributed by atoms with van der Waals surface area (Å²) < 4.78 is 26.8. The number of anilines is 1. The maximum Gasteiger partial charge on any atom is 0.137 e. The quantitative estimate of drug-likeness (QED) is 0.870. The predicted octanol–water partition coefficient (Wildman–Crippen LogP) is 4.65. The van der Waals surface area contributed by atoms with E-state index in [4.69, 9.17) is 0 Å². The first-order valence-electron chi connectivity index (χ1n) is 5.50. The lowest BCUT2D eigenvalue weighted by atomic mass is 10.1. The predicted molar refractivity (Wildman–Crippen MR) is 72.6 cm³/mol. The van der Waals surface area contributed by atoms with Crippen LogP contribution < -0.4 is 5.32 Å². The van der Waals surface area contributed by atoms with E-state index < -0.39 is 0 Å². The summed E-state index contributed by atoms with van der Waals surface area (Å²) in [7, 11) is 0. The summed E-state index contributed by atoms with van der Waals surface area (Å²) in [6, 6.07) is 9.78. The van der Waals surface area contributed by atoms with Crippen molar-refractivity contribution in [2.24, 2.45) is 0 Å². The van der Waals surface area contributed by atoms with Crippen molar-refractivity contribution in [3.05, 3.63) is 63.6 Å². The molecule has 0 atom stereocenters. The van der Waals surface area contributed by atoms with Crippen LogP contribution in [0.25, 0.3) is 0 Å². The van der Waals surface area contributed by atoms with Gasteiger partial charge in [0.1, 0.15) is 11.6 Å². The van der Waals surface area contributed by atoms with Crippen LogP contribution in [0.4, 0.5) is 14.5 Å². The summed E-state index contributed by atoms with van der Waals surface area (Å²) in [6.07, 6.45) is 0. The zero-order valence-corrected chi connectivity index (χ0v) is 11.4. The molecule has 1 N–H and O–H groups in total. The summed E-state index contributed by atoms with van der Waals surface area (Å²) in [6.45, 7) is 2.22. The highest BCUT2D eigenvalue weighted by atomic mass is 79.9. The summed E-state index contributed by atoms with van der Waals surface area (Å²) in [5, 5.41) is 3.11.